The number of para-hydroxylation sites is 1. The lowest BCUT2D eigenvalue weighted by molar-refractivity contribution is -0.127. The van der Waals surface area contributed by atoms with Crippen LogP contribution < -0.4 is 20.3 Å². The summed E-state index contributed by atoms with van der Waals surface area (Å²) >= 11 is 0. The zero-order valence-corrected chi connectivity index (χ0v) is 23.4. The number of rotatable bonds is 12. The summed E-state index contributed by atoms with van der Waals surface area (Å²) in [6.45, 7) is 2.36. The monoisotopic (exact) mass is 560 g/mol. The van der Waals surface area contributed by atoms with Gasteiger partial charge in [0.15, 0.2) is 0 Å². The minimum Gasteiger partial charge on any atom is -0.494 e. The lowest BCUT2D eigenvalue weighted by Gasteiger charge is -2.33. The highest BCUT2D eigenvalue weighted by Crippen LogP contribution is 2.32. The van der Waals surface area contributed by atoms with Gasteiger partial charge in [-0.3, -0.25) is 19.3 Å². The normalized spacial score (nSPS) is 14.1. The number of halogens is 1. The van der Waals surface area contributed by atoms with Crippen LogP contribution in [0.3, 0.4) is 0 Å². The summed E-state index contributed by atoms with van der Waals surface area (Å²) in [5, 5.41) is 5.83. The van der Waals surface area contributed by atoms with E-state index in [4.69, 9.17) is 4.74 Å². The fraction of sp³-hybridized carbons (Fsp3) is 0.375. The second-order valence-corrected chi connectivity index (χ2v) is 10.1. The first-order chi connectivity index (χ1) is 20.0. The van der Waals surface area contributed by atoms with Crippen molar-refractivity contribution in [2.75, 3.05) is 16.8 Å². The highest BCUT2D eigenvalue weighted by Gasteiger charge is 2.35. The van der Waals surface area contributed by atoms with E-state index in [0.29, 0.717) is 23.7 Å². The van der Waals surface area contributed by atoms with Crippen LogP contribution in [0.15, 0.2) is 72.9 Å². The highest BCUT2D eigenvalue weighted by atomic mass is 19.1. The quantitative estimate of drug-likeness (QED) is 0.285. The zero-order chi connectivity index (χ0) is 29.0. The molecule has 41 heavy (non-hydrogen) atoms. The predicted octanol–water partition coefficient (Wildman–Crippen LogP) is 5.95. The summed E-state index contributed by atoms with van der Waals surface area (Å²) < 4.78 is 20.8. The van der Waals surface area contributed by atoms with Gasteiger partial charge in [-0.2, -0.15) is 0 Å². The van der Waals surface area contributed by atoms with Crippen LogP contribution in [0.25, 0.3) is 0 Å². The van der Waals surface area contributed by atoms with E-state index in [9.17, 15) is 14.4 Å². The fourth-order valence-corrected chi connectivity index (χ4v) is 5.08. The number of carbonyl (C=O) groups excluding carboxylic acids is 3. The van der Waals surface area contributed by atoms with Gasteiger partial charge in [0.05, 0.1) is 12.3 Å². The van der Waals surface area contributed by atoms with Crippen molar-refractivity contribution in [3.8, 4) is 5.75 Å². The third-order valence-corrected chi connectivity index (χ3v) is 7.07. The number of nitrogens with zero attached hydrogens (tertiary/aromatic N) is 2. The van der Waals surface area contributed by atoms with E-state index in [1.165, 1.54) is 23.1 Å². The van der Waals surface area contributed by atoms with Crippen LogP contribution in [0, 0.1) is 5.82 Å². The third-order valence-electron chi connectivity index (χ3n) is 7.07. The van der Waals surface area contributed by atoms with E-state index in [1.54, 1.807) is 54.7 Å². The molecule has 1 saturated carbocycles. The van der Waals surface area contributed by atoms with Gasteiger partial charge in [-0.1, -0.05) is 49.6 Å². The molecule has 1 atom stereocenters. The average Bonchev–Trinajstić information content (AvgIpc) is 2.98. The number of pyridine rings is 1. The summed E-state index contributed by atoms with van der Waals surface area (Å²) in [6, 6.07) is 17.0. The lowest BCUT2D eigenvalue weighted by Crippen LogP contribution is -2.47. The molecule has 1 fully saturated rings. The maximum Gasteiger partial charge on any atom is 0.248 e. The van der Waals surface area contributed by atoms with Crippen molar-refractivity contribution in [3.05, 3.63) is 84.3 Å². The van der Waals surface area contributed by atoms with Gasteiger partial charge in [-0.25, -0.2) is 9.37 Å². The predicted molar refractivity (Wildman–Crippen MR) is 156 cm³/mol. The number of benzene rings is 2. The first-order valence-corrected chi connectivity index (χ1v) is 14.3. The molecule has 0 radical (unpaired) electrons. The van der Waals surface area contributed by atoms with Gasteiger partial charge in [-0.05, 0) is 68.1 Å². The Morgan fingerprint density at radius 3 is 2.39 bits per heavy atom. The number of amides is 3. The summed E-state index contributed by atoms with van der Waals surface area (Å²) in [7, 11) is 0. The molecule has 1 aromatic heterocycles. The molecular formula is C32H37FN4O4. The minimum absolute atomic E-state index is 0.00527. The Hall–Kier alpha value is -4.27. The van der Waals surface area contributed by atoms with Gasteiger partial charge in [0.2, 0.25) is 17.7 Å². The van der Waals surface area contributed by atoms with Crippen molar-refractivity contribution >= 4 is 29.2 Å². The molecular weight excluding hydrogens is 523 g/mol. The molecule has 0 aliphatic heterocycles. The molecule has 3 aromatic rings. The van der Waals surface area contributed by atoms with Gasteiger partial charge >= 0.3 is 0 Å². The molecule has 1 aliphatic rings. The molecule has 0 unspecified atom stereocenters. The van der Waals surface area contributed by atoms with E-state index in [-0.39, 0.29) is 42.8 Å². The summed E-state index contributed by atoms with van der Waals surface area (Å²) in [6.07, 6.45) is 6.69. The van der Waals surface area contributed by atoms with Crippen molar-refractivity contribution < 1.29 is 23.5 Å². The van der Waals surface area contributed by atoms with Gasteiger partial charge < -0.3 is 15.4 Å². The largest absolute Gasteiger partial charge is 0.494 e. The third kappa shape index (κ3) is 8.36. The molecule has 9 heteroatoms. The van der Waals surface area contributed by atoms with E-state index < -0.39 is 17.8 Å². The molecule has 1 aliphatic carbocycles. The first kappa shape index (κ1) is 29.7. The molecule has 216 valence electrons. The van der Waals surface area contributed by atoms with Gasteiger partial charge in [0.25, 0.3) is 0 Å². The van der Waals surface area contributed by atoms with Gasteiger partial charge in [0, 0.05) is 25.1 Å². The van der Waals surface area contributed by atoms with Crippen molar-refractivity contribution in [3.63, 3.8) is 0 Å². The summed E-state index contributed by atoms with van der Waals surface area (Å²) in [5.74, 6) is -0.678. The zero-order valence-electron chi connectivity index (χ0n) is 23.4. The maximum atomic E-state index is 15.2. The molecule has 8 nitrogen and oxygen atoms in total. The Labute approximate surface area is 240 Å². The van der Waals surface area contributed by atoms with Crippen LogP contribution in [0.5, 0.6) is 5.75 Å². The van der Waals surface area contributed by atoms with Crippen LogP contribution in [-0.4, -0.2) is 35.4 Å². The highest BCUT2D eigenvalue weighted by molar-refractivity contribution is 6.01. The van der Waals surface area contributed by atoms with Crippen LogP contribution >= 0.6 is 0 Å². The molecule has 3 amide bonds. The van der Waals surface area contributed by atoms with E-state index in [1.807, 2.05) is 6.92 Å². The number of hydrogen-bond donors (Lipinski definition) is 2. The van der Waals surface area contributed by atoms with Crippen molar-refractivity contribution in [2.24, 2.45) is 0 Å². The van der Waals surface area contributed by atoms with E-state index >= 15 is 4.39 Å². The Balaban J connectivity index is 1.59. The number of ether oxygens (including phenoxy) is 1. The topological polar surface area (TPSA) is 101 Å². The van der Waals surface area contributed by atoms with Crippen LogP contribution in [0.4, 0.5) is 15.9 Å². The Bertz CT molecular complexity index is 1300. The standard InChI is InChI=1S/C32H37FN4O4/c1-2-41-25-20-18-23(19-21-25)31(32(40)35-24-11-4-3-5-12-24)37(27-14-7-6-13-26(27)33)30(39)17-10-16-29(38)36-28-15-8-9-22-34-28/h6-9,13-15,18-22,24,31H,2-5,10-12,16-17H2,1H3,(H,35,40)(H,34,36,38)/t31-/m0/s1. The molecule has 1 heterocycles. The minimum atomic E-state index is -1.11. The molecule has 0 saturated heterocycles. The number of anilines is 2. The molecule has 0 spiro atoms. The summed E-state index contributed by atoms with van der Waals surface area (Å²) in [4.78, 5) is 45.5. The second-order valence-electron chi connectivity index (χ2n) is 10.1. The Morgan fingerprint density at radius 2 is 1.71 bits per heavy atom. The Morgan fingerprint density at radius 1 is 0.976 bits per heavy atom. The number of aromatic nitrogens is 1. The summed E-state index contributed by atoms with van der Waals surface area (Å²) in [5.41, 5.74) is 0.541. The number of hydrogen-bond acceptors (Lipinski definition) is 5. The second kappa shape index (κ2) is 14.9. The fourth-order valence-electron chi connectivity index (χ4n) is 5.08. The molecule has 4 rings (SSSR count). The Kier molecular flexibility index (Phi) is 10.8. The average molecular weight is 561 g/mol. The van der Waals surface area contributed by atoms with E-state index in [2.05, 4.69) is 15.6 Å². The van der Waals surface area contributed by atoms with Crippen LogP contribution in [0.1, 0.15) is 69.9 Å². The van der Waals surface area contributed by atoms with Gasteiger partial charge in [0.1, 0.15) is 23.4 Å². The van der Waals surface area contributed by atoms with E-state index in [0.717, 1.165) is 32.1 Å². The maximum absolute atomic E-state index is 15.2. The van der Waals surface area contributed by atoms with Gasteiger partial charge in [-0.15, -0.1) is 0 Å². The molecule has 2 N–H and O–H groups in total. The van der Waals surface area contributed by atoms with Crippen molar-refractivity contribution in [2.45, 2.75) is 70.4 Å². The van der Waals surface area contributed by atoms with Crippen molar-refractivity contribution in [1.29, 1.82) is 0 Å². The van der Waals surface area contributed by atoms with Crippen LogP contribution in [-0.2, 0) is 14.4 Å². The first-order valence-electron chi connectivity index (χ1n) is 14.3. The number of carbonyl (C=O) groups is 3. The molecule has 0 bridgehead atoms. The van der Waals surface area contributed by atoms with Crippen molar-refractivity contribution in [1.82, 2.24) is 10.3 Å². The number of nitrogens with one attached hydrogen (secondary N) is 2. The van der Waals surface area contributed by atoms with Crippen LogP contribution in [0.2, 0.25) is 0 Å². The lowest BCUT2D eigenvalue weighted by atomic mass is 9.94. The smallest absolute Gasteiger partial charge is 0.248 e. The SMILES string of the molecule is CCOc1ccc([C@@H](C(=O)NC2CCCCC2)N(C(=O)CCCC(=O)Nc2ccccn2)c2ccccc2F)cc1. The molecule has 2 aromatic carbocycles.